The van der Waals surface area contributed by atoms with Gasteiger partial charge in [0.25, 0.3) is 0 Å². The number of rotatable bonds is 3. The predicted octanol–water partition coefficient (Wildman–Crippen LogP) is 3.70. The summed E-state index contributed by atoms with van der Waals surface area (Å²) in [6.45, 7) is 1.78. The molecule has 0 radical (unpaired) electrons. The molecule has 0 N–H and O–H groups in total. The van der Waals surface area contributed by atoms with Crippen LogP contribution in [0.1, 0.15) is 28.9 Å². The lowest BCUT2D eigenvalue weighted by molar-refractivity contribution is 0.0337. The normalized spacial score (nSPS) is 11.9. The third kappa shape index (κ3) is 3.43. The highest BCUT2D eigenvalue weighted by Gasteiger charge is 2.18. The van der Waals surface area contributed by atoms with Gasteiger partial charge in [-0.15, -0.1) is 10.2 Å². The minimum absolute atomic E-state index is 0.0327. The highest BCUT2D eigenvalue weighted by atomic mass is 35.5. The van der Waals surface area contributed by atoms with Crippen LogP contribution in [0.5, 0.6) is 0 Å². The molecular formula is C13H10Cl2N2O2. The maximum atomic E-state index is 12.0. The van der Waals surface area contributed by atoms with E-state index in [0.29, 0.717) is 0 Å². The van der Waals surface area contributed by atoms with E-state index in [-0.39, 0.29) is 15.9 Å². The van der Waals surface area contributed by atoms with E-state index >= 15 is 0 Å². The predicted molar refractivity (Wildman–Crippen MR) is 72.3 cm³/mol. The van der Waals surface area contributed by atoms with E-state index in [9.17, 15) is 4.79 Å². The van der Waals surface area contributed by atoms with Crippen molar-refractivity contribution >= 4 is 29.2 Å². The molecular weight excluding hydrogens is 287 g/mol. The number of esters is 1. The van der Waals surface area contributed by atoms with Crippen molar-refractivity contribution in [2.45, 2.75) is 13.0 Å². The molecule has 0 spiro atoms. The van der Waals surface area contributed by atoms with Crippen molar-refractivity contribution in [3.63, 3.8) is 0 Å². The van der Waals surface area contributed by atoms with Crippen LogP contribution in [0.15, 0.2) is 36.4 Å². The maximum Gasteiger partial charge on any atom is 0.342 e. The molecule has 0 saturated carbocycles. The summed E-state index contributed by atoms with van der Waals surface area (Å²) in [5.74, 6) is -0.585. The first-order chi connectivity index (χ1) is 9.08. The van der Waals surface area contributed by atoms with Gasteiger partial charge >= 0.3 is 5.97 Å². The number of nitrogens with zero attached hydrogens (tertiary/aromatic N) is 2. The smallest absolute Gasteiger partial charge is 0.342 e. The van der Waals surface area contributed by atoms with Crippen molar-refractivity contribution in [1.29, 1.82) is 0 Å². The molecule has 4 nitrogen and oxygen atoms in total. The third-order valence-corrected chi connectivity index (χ3v) is 2.96. The Balaban J connectivity index is 2.15. The van der Waals surface area contributed by atoms with E-state index in [1.807, 2.05) is 30.3 Å². The quantitative estimate of drug-likeness (QED) is 0.811. The molecule has 6 heteroatoms. The first-order valence-electron chi connectivity index (χ1n) is 5.52. The summed E-state index contributed by atoms with van der Waals surface area (Å²) < 4.78 is 5.31. The van der Waals surface area contributed by atoms with Crippen molar-refractivity contribution in [1.82, 2.24) is 10.2 Å². The molecule has 1 heterocycles. The molecule has 0 bridgehead atoms. The Labute approximate surface area is 120 Å². The molecule has 2 rings (SSSR count). The van der Waals surface area contributed by atoms with Crippen molar-refractivity contribution in [2.75, 3.05) is 0 Å². The molecule has 1 aromatic carbocycles. The topological polar surface area (TPSA) is 52.1 Å². The van der Waals surface area contributed by atoms with Crippen LogP contribution in [0, 0.1) is 0 Å². The van der Waals surface area contributed by atoms with Crippen LogP contribution in [0.3, 0.4) is 0 Å². The summed E-state index contributed by atoms with van der Waals surface area (Å²) in [5.41, 5.74) is 0.990. The molecule has 0 aliphatic heterocycles. The summed E-state index contributed by atoms with van der Waals surface area (Å²) in [6, 6.07) is 10.7. The fraction of sp³-hybridized carbons (Fsp3) is 0.154. The monoisotopic (exact) mass is 296 g/mol. The molecule has 0 amide bonds. The van der Waals surface area contributed by atoms with Crippen LogP contribution in [0.25, 0.3) is 0 Å². The Kier molecular flexibility index (Phi) is 4.35. The molecule has 1 atom stereocenters. The molecule has 1 unspecified atom stereocenters. The first kappa shape index (κ1) is 13.8. The average Bonchev–Trinajstić information content (AvgIpc) is 2.42. The number of hydrogen-bond acceptors (Lipinski definition) is 4. The molecule has 2 aromatic rings. The Hall–Kier alpha value is -1.65. The largest absolute Gasteiger partial charge is 0.454 e. The minimum atomic E-state index is -0.585. The van der Waals surface area contributed by atoms with E-state index in [2.05, 4.69) is 10.2 Å². The van der Waals surface area contributed by atoms with Crippen LogP contribution in [0.2, 0.25) is 10.3 Å². The molecule has 0 aliphatic carbocycles. The van der Waals surface area contributed by atoms with Gasteiger partial charge in [0.15, 0.2) is 10.3 Å². The first-order valence-corrected chi connectivity index (χ1v) is 6.28. The lowest BCUT2D eigenvalue weighted by atomic mass is 10.1. The van der Waals surface area contributed by atoms with Crippen LogP contribution in [0.4, 0.5) is 0 Å². The van der Waals surface area contributed by atoms with Gasteiger partial charge in [0.05, 0.1) is 0 Å². The number of benzene rings is 1. The third-order valence-electron chi connectivity index (χ3n) is 2.49. The van der Waals surface area contributed by atoms with Crippen molar-refractivity contribution < 1.29 is 9.53 Å². The zero-order chi connectivity index (χ0) is 13.8. The number of hydrogen-bond donors (Lipinski definition) is 0. The molecule has 0 aliphatic rings. The second-order valence-corrected chi connectivity index (χ2v) is 4.58. The lowest BCUT2D eigenvalue weighted by Crippen LogP contribution is -2.10. The number of carbonyl (C=O) groups excluding carboxylic acids is 1. The van der Waals surface area contributed by atoms with Gasteiger partial charge in [-0.25, -0.2) is 4.79 Å². The maximum absolute atomic E-state index is 12.0. The van der Waals surface area contributed by atoms with Gasteiger partial charge in [0, 0.05) is 0 Å². The number of ether oxygens (including phenoxy) is 1. The fourth-order valence-electron chi connectivity index (χ4n) is 1.51. The van der Waals surface area contributed by atoms with Crippen LogP contribution >= 0.6 is 23.2 Å². The number of halogens is 2. The molecule has 0 saturated heterocycles. The number of carbonyl (C=O) groups is 1. The average molecular weight is 297 g/mol. The van der Waals surface area contributed by atoms with Gasteiger partial charge in [0.1, 0.15) is 11.7 Å². The van der Waals surface area contributed by atoms with Gasteiger partial charge < -0.3 is 4.74 Å². The standard InChI is InChI=1S/C13H10Cl2N2O2/c1-8(9-5-3-2-4-6-9)19-13(18)10-7-11(14)16-17-12(10)15/h2-8H,1H3. The summed E-state index contributed by atoms with van der Waals surface area (Å²) in [4.78, 5) is 12.0. The SMILES string of the molecule is CC(OC(=O)c1cc(Cl)nnc1Cl)c1ccccc1. The highest BCUT2D eigenvalue weighted by molar-refractivity contribution is 6.33. The Bertz CT molecular complexity index is 590. The van der Waals surface area contributed by atoms with Gasteiger partial charge in [-0.05, 0) is 18.6 Å². The zero-order valence-electron chi connectivity index (χ0n) is 10.0. The second-order valence-electron chi connectivity index (χ2n) is 3.83. The summed E-state index contributed by atoms with van der Waals surface area (Å²) in [6.07, 6.45) is -0.392. The Morgan fingerprint density at radius 2 is 1.89 bits per heavy atom. The van der Waals surface area contributed by atoms with E-state index in [0.717, 1.165) is 5.56 Å². The van der Waals surface area contributed by atoms with Crippen molar-refractivity contribution in [3.8, 4) is 0 Å². The molecule has 0 fully saturated rings. The van der Waals surface area contributed by atoms with E-state index in [4.69, 9.17) is 27.9 Å². The highest BCUT2D eigenvalue weighted by Crippen LogP contribution is 2.21. The molecule has 98 valence electrons. The van der Waals surface area contributed by atoms with Gasteiger partial charge in [0.2, 0.25) is 0 Å². The summed E-state index contributed by atoms with van der Waals surface area (Å²) in [5, 5.41) is 7.15. The summed E-state index contributed by atoms with van der Waals surface area (Å²) >= 11 is 11.5. The van der Waals surface area contributed by atoms with Crippen LogP contribution < -0.4 is 0 Å². The Morgan fingerprint density at radius 1 is 1.21 bits per heavy atom. The Morgan fingerprint density at radius 3 is 2.58 bits per heavy atom. The second kappa shape index (κ2) is 5.99. The summed E-state index contributed by atoms with van der Waals surface area (Å²) in [7, 11) is 0. The lowest BCUT2D eigenvalue weighted by Gasteiger charge is -2.13. The fourth-order valence-corrected chi connectivity index (χ4v) is 1.83. The zero-order valence-corrected chi connectivity index (χ0v) is 11.5. The van der Waals surface area contributed by atoms with Gasteiger partial charge in [-0.2, -0.15) is 0 Å². The van der Waals surface area contributed by atoms with E-state index < -0.39 is 12.1 Å². The molecule has 1 aromatic heterocycles. The van der Waals surface area contributed by atoms with E-state index in [1.54, 1.807) is 6.92 Å². The van der Waals surface area contributed by atoms with Crippen molar-refractivity contribution in [2.24, 2.45) is 0 Å². The molecule has 19 heavy (non-hydrogen) atoms. The number of aromatic nitrogens is 2. The van der Waals surface area contributed by atoms with Crippen LogP contribution in [-0.2, 0) is 4.74 Å². The van der Waals surface area contributed by atoms with E-state index in [1.165, 1.54) is 6.07 Å². The van der Waals surface area contributed by atoms with Crippen LogP contribution in [-0.4, -0.2) is 16.2 Å². The van der Waals surface area contributed by atoms with Gasteiger partial charge in [-0.3, -0.25) is 0 Å². The van der Waals surface area contributed by atoms with Crippen molar-refractivity contribution in [3.05, 3.63) is 57.8 Å². The minimum Gasteiger partial charge on any atom is -0.454 e. The van der Waals surface area contributed by atoms with Gasteiger partial charge in [-0.1, -0.05) is 53.5 Å².